The fourth-order valence-electron chi connectivity index (χ4n) is 10.5. The molecule has 4 N–H and O–H groups in total. The highest BCUT2D eigenvalue weighted by molar-refractivity contribution is 5.87. The van der Waals surface area contributed by atoms with Gasteiger partial charge in [0, 0.05) is 30.6 Å². The molecule has 8 rings (SSSR count). The van der Waals surface area contributed by atoms with Crippen LogP contribution in [0.15, 0.2) is 48.8 Å². The van der Waals surface area contributed by atoms with E-state index in [0.29, 0.717) is 13.1 Å². The normalized spacial score (nSPS) is 22.1. The molecular weight excluding hydrogens is 787 g/mol. The summed E-state index contributed by atoms with van der Waals surface area (Å²) in [5, 5.41) is 5.47. The Morgan fingerprint density at radius 1 is 0.710 bits per heavy atom. The number of nitrogens with one attached hydrogen (secondary N) is 4. The number of hydrogen-bond acceptors (Lipinski definition) is 9. The average Bonchev–Trinajstić information content (AvgIpc) is 4.13. The van der Waals surface area contributed by atoms with Crippen LogP contribution in [-0.2, 0) is 30.9 Å². The van der Waals surface area contributed by atoms with Crippen LogP contribution in [0.1, 0.15) is 101 Å². The lowest BCUT2D eigenvalue weighted by Gasteiger charge is -2.30. The molecule has 330 valence electrons. The number of aromatic nitrogens is 4. The van der Waals surface area contributed by atoms with Gasteiger partial charge >= 0.3 is 12.2 Å². The molecule has 5 atom stereocenters. The van der Waals surface area contributed by atoms with Gasteiger partial charge in [-0.2, -0.15) is 0 Å². The number of imidazole rings is 2. The van der Waals surface area contributed by atoms with Crippen molar-refractivity contribution >= 4 is 24.0 Å². The third-order valence-corrected chi connectivity index (χ3v) is 13.7. The third kappa shape index (κ3) is 8.07. The van der Waals surface area contributed by atoms with Gasteiger partial charge in [-0.3, -0.25) is 9.59 Å². The fourth-order valence-corrected chi connectivity index (χ4v) is 10.5. The molecule has 3 aliphatic heterocycles. The summed E-state index contributed by atoms with van der Waals surface area (Å²) in [6.45, 7) is 10.9. The number of benzene rings is 2. The Morgan fingerprint density at radius 2 is 1.23 bits per heavy atom. The summed E-state index contributed by atoms with van der Waals surface area (Å²) in [4.78, 5) is 74.7. The summed E-state index contributed by atoms with van der Waals surface area (Å²) in [6.07, 6.45) is 8.95. The predicted octanol–water partition coefficient (Wildman–Crippen LogP) is 6.74. The van der Waals surface area contributed by atoms with Gasteiger partial charge in [0.2, 0.25) is 11.8 Å². The number of H-pyrrole nitrogens is 2. The minimum absolute atomic E-state index is 0.0495. The minimum atomic E-state index is -0.693. The largest absolute Gasteiger partial charge is 0.453 e. The van der Waals surface area contributed by atoms with Crippen molar-refractivity contribution < 1.29 is 28.7 Å². The molecule has 0 radical (unpaired) electrons. The summed E-state index contributed by atoms with van der Waals surface area (Å²) in [5.74, 6) is 1.02. The lowest BCUT2D eigenvalue weighted by Crippen LogP contribution is -2.51. The van der Waals surface area contributed by atoms with Crippen molar-refractivity contribution in [3.05, 3.63) is 71.6 Å². The van der Waals surface area contributed by atoms with Crippen LogP contribution in [0, 0.1) is 11.8 Å². The van der Waals surface area contributed by atoms with Crippen LogP contribution in [-0.4, -0.2) is 118 Å². The SMILES string of the molecule is COC(=O)NC(C(=O)N1CCCC1c1ncc(-c2ccc(-c3ccc(-c4cnc(C5CCCN5C(=O)C(NC(=O)OC)C(C)C)[nH]4)c4c3C3(CC4)CCN(C)C3)cc2)[nH]1)C(C)C. The van der Waals surface area contributed by atoms with E-state index in [2.05, 4.69) is 68.9 Å². The first kappa shape index (κ1) is 43.0. The smallest absolute Gasteiger partial charge is 0.407 e. The predicted molar refractivity (Wildman–Crippen MR) is 235 cm³/mol. The van der Waals surface area contributed by atoms with Gasteiger partial charge in [-0.05, 0) is 98.2 Å². The standard InChI is InChI=1S/C47H61N9O6/c1-27(2)39(52-45(59)61-6)43(57)55-21-8-10-36(55)41-48-24-34(50-41)30-14-12-29(13-15-30)31-16-17-32(33-18-19-47(38(31)33)20-23-54(5)26-47)35-25-49-42(51-35)37-11-9-22-56(37)44(58)40(28(3)4)53-46(60)62-7/h12-17,24-25,27-28,36-37,39-40H,8-11,18-23,26H2,1-7H3,(H,48,50)(H,49,51)(H,52,59)(H,53,60). The number of likely N-dealkylation sites (N-methyl/N-ethyl adjacent to an activating group) is 1. The van der Waals surface area contributed by atoms with Crippen molar-refractivity contribution in [1.82, 2.24) is 45.3 Å². The number of alkyl carbamates (subject to hydrolysis) is 2. The number of rotatable bonds is 11. The molecule has 4 aromatic rings. The number of nitrogens with zero attached hydrogens (tertiary/aromatic N) is 5. The average molecular weight is 848 g/mol. The quantitative estimate of drug-likeness (QED) is 0.127. The Kier molecular flexibility index (Phi) is 12.2. The molecule has 4 aliphatic rings. The zero-order valence-electron chi connectivity index (χ0n) is 37.0. The highest BCUT2D eigenvalue weighted by Gasteiger charge is 2.46. The van der Waals surface area contributed by atoms with Crippen molar-refractivity contribution in [3.63, 3.8) is 0 Å². The Hall–Kier alpha value is -5.70. The van der Waals surface area contributed by atoms with Crippen LogP contribution in [0.5, 0.6) is 0 Å². The zero-order valence-corrected chi connectivity index (χ0v) is 37.0. The van der Waals surface area contributed by atoms with Gasteiger partial charge in [-0.1, -0.05) is 64.1 Å². The molecular formula is C47H61N9O6. The molecule has 1 aliphatic carbocycles. The van der Waals surface area contributed by atoms with E-state index in [9.17, 15) is 19.2 Å². The molecule has 0 saturated carbocycles. The van der Waals surface area contributed by atoms with Gasteiger partial charge in [0.1, 0.15) is 23.7 Å². The van der Waals surface area contributed by atoms with E-state index in [1.165, 1.54) is 30.9 Å². The summed E-state index contributed by atoms with van der Waals surface area (Å²) in [7, 11) is 4.82. The van der Waals surface area contributed by atoms with Crippen molar-refractivity contribution in [3.8, 4) is 33.6 Å². The maximum absolute atomic E-state index is 13.8. The monoisotopic (exact) mass is 847 g/mol. The van der Waals surface area contributed by atoms with Gasteiger partial charge in [-0.25, -0.2) is 19.6 Å². The van der Waals surface area contributed by atoms with E-state index in [1.807, 2.05) is 49.9 Å². The maximum atomic E-state index is 13.8. The molecule has 15 heteroatoms. The van der Waals surface area contributed by atoms with Gasteiger partial charge in [0.05, 0.1) is 50.1 Å². The van der Waals surface area contributed by atoms with E-state index >= 15 is 0 Å². The Balaban J connectivity index is 1.05. The number of carbonyl (C=O) groups excluding carboxylic acids is 4. The van der Waals surface area contributed by atoms with E-state index in [0.717, 1.165) is 97.8 Å². The van der Waals surface area contributed by atoms with E-state index in [-0.39, 0.29) is 41.1 Å². The Bertz CT molecular complexity index is 2300. The first-order valence-electron chi connectivity index (χ1n) is 22.2. The minimum Gasteiger partial charge on any atom is -0.453 e. The molecule has 2 aromatic heterocycles. The van der Waals surface area contributed by atoms with Crippen molar-refractivity contribution in [2.24, 2.45) is 11.8 Å². The Morgan fingerprint density at radius 3 is 1.74 bits per heavy atom. The molecule has 5 heterocycles. The molecule has 62 heavy (non-hydrogen) atoms. The first-order chi connectivity index (χ1) is 29.8. The number of aromatic amines is 2. The topological polar surface area (TPSA) is 178 Å². The van der Waals surface area contributed by atoms with Crippen molar-refractivity contribution in [2.75, 3.05) is 47.4 Å². The fraction of sp³-hybridized carbons (Fsp3) is 0.532. The number of methoxy groups -OCH3 is 2. The molecule has 15 nitrogen and oxygen atoms in total. The van der Waals surface area contributed by atoms with Gasteiger partial charge in [0.15, 0.2) is 0 Å². The molecule has 0 bridgehead atoms. The third-order valence-electron chi connectivity index (χ3n) is 13.7. The molecule has 1 spiro atoms. The summed E-state index contributed by atoms with van der Waals surface area (Å²) in [6, 6.07) is 11.4. The van der Waals surface area contributed by atoms with Crippen molar-refractivity contribution in [1.29, 1.82) is 0 Å². The van der Waals surface area contributed by atoms with Crippen molar-refractivity contribution in [2.45, 2.75) is 102 Å². The summed E-state index contributed by atoms with van der Waals surface area (Å²) < 4.78 is 9.62. The van der Waals surface area contributed by atoms with Crippen LogP contribution >= 0.6 is 0 Å². The van der Waals surface area contributed by atoms with Crippen LogP contribution in [0.3, 0.4) is 0 Å². The second-order valence-electron chi connectivity index (χ2n) is 18.3. The first-order valence-corrected chi connectivity index (χ1v) is 22.2. The van der Waals surface area contributed by atoms with Gasteiger partial charge in [0.25, 0.3) is 0 Å². The number of hydrogen-bond donors (Lipinski definition) is 4. The van der Waals surface area contributed by atoms with Crippen LogP contribution in [0.4, 0.5) is 9.59 Å². The highest BCUT2D eigenvalue weighted by atomic mass is 16.5. The molecule has 3 saturated heterocycles. The summed E-state index contributed by atoms with van der Waals surface area (Å²) in [5.41, 5.74) is 9.22. The molecule has 2 aromatic carbocycles. The lowest BCUT2D eigenvalue weighted by molar-refractivity contribution is -0.136. The Labute approximate surface area is 363 Å². The molecule has 4 amide bonds. The van der Waals surface area contributed by atoms with Crippen LogP contribution in [0.25, 0.3) is 33.6 Å². The summed E-state index contributed by atoms with van der Waals surface area (Å²) >= 11 is 0. The number of amides is 4. The second-order valence-corrected chi connectivity index (χ2v) is 18.3. The van der Waals surface area contributed by atoms with E-state index < -0.39 is 24.3 Å². The van der Waals surface area contributed by atoms with Crippen LogP contribution < -0.4 is 10.6 Å². The van der Waals surface area contributed by atoms with E-state index in [1.54, 1.807) is 0 Å². The molecule has 5 unspecified atom stereocenters. The van der Waals surface area contributed by atoms with Gasteiger partial charge < -0.3 is 44.8 Å². The van der Waals surface area contributed by atoms with Crippen LogP contribution in [0.2, 0.25) is 0 Å². The number of carbonyl (C=O) groups is 4. The van der Waals surface area contributed by atoms with Gasteiger partial charge in [-0.15, -0.1) is 0 Å². The molecule has 3 fully saturated rings. The zero-order chi connectivity index (χ0) is 43.9. The van der Waals surface area contributed by atoms with E-state index in [4.69, 9.17) is 19.4 Å². The highest BCUT2D eigenvalue weighted by Crippen LogP contribution is 2.52. The second kappa shape index (κ2) is 17.6. The lowest BCUT2D eigenvalue weighted by atomic mass is 9.77. The number of likely N-dealkylation sites (tertiary alicyclic amines) is 3. The number of ether oxygens (including phenoxy) is 2. The maximum Gasteiger partial charge on any atom is 0.407 e. The number of fused-ring (bicyclic) bond motifs is 2.